The number of carboxylic acid groups (broad SMARTS) is 1. The second-order valence-electron chi connectivity index (χ2n) is 7.22. The highest BCUT2D eigenvalue weighted by Crippen LogP contribution is 2.41. The molecule has 2 heterocycles. The lowest BCUT2D eigenvalue weighted by Gasteiger charge is -2.18. The van der Waals surface area contributed by atoms with E-state index in [9.17, 15) is 26.4 Å². The number of benzene rings is 1. The van der Waals surface area contributed by atoms with Crippen molar-refractivity contribution in [1.29, 1.82) is 0 Å². The highest BCUT2D eigenvalue weighted by atomic mass is 32.2. The number of hydrogen-bond acceptors (Lipinski definition) is 4. The van der Waals surface area contributed by atoms with Gasteiger partial charge in [0.25, 0.3) is 0 Å². The summed E-state index contributed by atoms with van der Waals surface area (Å²) in [4.78, 5) is 11.0. The molecule has 0 aliphatic carbocycles. The lowest BCUT2D eigenvalue weighted by molar-refractivity contribution is -0.187. The van der Waals surface area contributed by atoms with Crippen molar-refractivity contribution in [3.63, 3.8) is 0 Å². The lowest BCUT2D eigenvalue weighted by Crippen LogP contribution is -2.34. The predicted octanol–water partition coefficient (Wildman–Crippen LogP) is 2.28. The van der Waals surface area contributed by atoms with Gasteiger partial charge in [0, 0.05) is 19.5 Å². The van der Waals surface area contributed by atoms with E-state index in [0.717, 1.165) is 0 Å². The summed E-state index contributed by atoms with van der Waals surface area (Å²) >= 11 is 0. The van der Waals surface area contributed by atoms with Gasteiger partial charge in [-0.3, -0.25) is 4.79 Å². The molecule has 0 spiro atoms. The van der Waals surface area contributed by atoms with Gasteiger partial charge in [0.15, 0.2) is 0 Å². The molecule has 1 aromatic rings. The average Bonchev–Trinajstić information content (AvgIpc) is 3.05. The quantitative estimate of drug-likeness (QED) is 0.852. The van der Waals surface area contributed by atoms with Crippen molar-refractivity contribution < 1.29 is 36.2 Å². The number of rotatable bonds is 3. The number of nitrogens with zero attached hydrogens (tertiary/aromatic N) is 1. The SMILES string of the molecule is CC1(C)Cc2cc(S(=O)(=O)N3C[C@@H](C(F)(F)F)[C@H](C(=O)O)C3)ccc2O1. The first kappa shape index (κ1) is 19.0. The van der Waals surface area contributed by atoms with Crippen LogP contribution >= 0.6 is 0 Å². The van der Waals surface area contributed by atoms with E-state index in [1.165, 1.54) is 18.2 Å². The van der Waals surface area contributed by atoms with Crippen molar-refractivity contribution in [3.8, 4) is 5.75 Å². The Morgan fingerprint density at radius 1 is 1.31 bits per heavy atom. The van der Waals surface area contributed by atoms with E-state index in [2.05, 4.69) is 0 Å². The van der Waals surface area contributed by atoms with Crippen LogP contribution in [0.1, 0.15) is 19.4 Å². The summed E-state index contributed by atoms with van der Waals surface area (Å²) in [5, 5.41) is 9.05. The minimum Gasteiger partial charge on any atom is -0.487 e. The minimum atomic E-state index is -4.79. The number of carbonyl (C=O) groups is 1. The van der Waals surface area contributed by atoms with Crippen molar-refractivity contribution in [2.24, 2.45) is 11.8 Å². The van der Waals surface area contributed by atoms with Crippen molar-refractivity contribution in [1.82, 2.24) is 4.31 Å². The zero-order valence-electron chi connectivity index (χ0n) is 14.1. The number of carboxylic acids is 1. The van der Waals surface area contributed by atoms with E-state index < -0.39 is 52.7 Å². The van der Waals surface area contributed by atoms with Crippen molar-refractivity contribution in [2.75, 3.05) is 13.1 Å². The van der Waals surface area contributed by atoms with Crippen LogP contribution in [0.4, 0.5) is 13.2 Å². The topological polar surface area (TPSA) is 83.9 Å². The summed E-state index contributed by atoms with van der Waals surface area (Å²) in [6, 6.07) is 4.13. The smallest absolute Gasteiger partial charge is 0.393 e. The molecule has 0 amide bonds. The standard InChI is InChI=1S/C16H18F3NO5S/c1-15(2)6-9-5-10(3-4-13(9)25-15)26(23,24)20-7-11(14(21)22)12(8-20)16(17,18)19/h3-5,11-12H,6-8H2,1-2H3,(H,21,22)/t11-,12-/m1/s1. The van der Waals surface area contributed by atoms with Crippen LogP contribution in [0, 0.1) is 11.8 Å². The molecule has 0 unspecified atom stereocenters. The second kappa shape index (κ2) is 5.85. The van der Waals surface area contributed by atoms with Gasteiger partial charge in [0.1, 0.15) is 11.4 Å². The normalized spacial score (nSPS) is 25.7. The fourth-order valence-electron chi connectivity index (χ4n) is 3.44. The number of halogens is 3. The van der Waals surface area contributed by atoms with Gasteiger partial charge in [-0.05, 0) is 37.6 Å². The van der Waals surface area contributed by atoms with Gasteiger partial charge in [0.05, 0.1) is 16.7 Å². The van der Waals surface area contributed by atoms with Crippen LogP contribution < -0.4 is 4.74 Å². The molecule has 2 aliphatic rings. The van der Waals surface area contributed by atoms with Crippen molar-refractivity contribution >= 4 is 16.0 Å². The summed E-state index contributed by atoms with van der Waals surface area (Å²) in [5.41, 5.74) is 0.158. The average molecular weight is 393 g/mol. The van der Waals surface area contributed by atoms with Crippen LogP contribution in [0.3, 0.4) is 0 Å². The molecule has 6 nitrogen and oxygen atoms in total. The molecule has 1 N–H and O–H groups in total. The fourth-order valence-corrected chi connectivity index (χ4v) is 4.98. The Balaban J connectivity index is 1.91. The van der Waals surface area contributed by atoms with E-state index in [1.54, 1.807) is 0 Å². The second-order valence-corrected chi connectivity index (χ2v) is 9.16. The third-order valence-corrected chi connectivity index (χ3v) is 6.52. The van der Waals surface area contributed by atoms with E-state index in [0.29, 0.717) is 22.0 Å². The number of aliphatic carboxylic acids is 1. The maximum absolute atomic E-state index is 13.1. The first-order valence-corrected chi connectivity index (χ1v) is 9.37. The first-order chi connectivity index (χ1) is 11.8. The number of sulfonamides is 1. The molecule has 1 saturated heterocycles. The molecule has 10 heteroatoms. The monoisotopic (exact) mass is 393 g/mol. The number of fused-ring (bicyclic) bond motifs is 1. The Morgan fingerprint density at radius 2 is 1.96 bits per heavy atom. The third-order valence-electron chi connectivity index (χ3n) is 4.70. The first-order valence-electron chi connectivity index (χ1n) is 7.93. The molecule has 2 aliphatic heterocycles. The Hall–Kier alpha value is -1.81. The highest BCUT2D eigenvalue weighted by Gasteiger charge is 2.55. The molecule has 2 atom stereocenters. The van der Waals surface area contributed by atoms with E-state index >= 15 is 0 Å². The number of hydrogen-bond donors (Lipinski definition) is 1. The Bertz CT molecular complexity index is 850. The Labute approximate surface area is 148 Å². The molecule has 144 valence electrons. The highest BCUT2D eigenvalue weighted by molar-refractivity contribution is 7.89. The summed E-state index contributed by atoms with van der Waals surface area (Å²) in [6.07, 6.45) is -4.32. The van der Waals surface area contributed by atoms with E-state index in [1.807, 2.05) is 13.8 Å². The van der Waals surface area contributed by atoms with Gasteiger partial charge in [-0.2, -0.15) is 17.5 Å². The van der Waals surface area contributed by atoms with E-state index in [4.69, 9.17) is 9.84 Å². The van der Waals surface area contributed by atoms with Gasteiger partial charge in [0.2, 0.25) is 10.0 Å². The molecule has 0 radical (unpaired) electrons. The number of ether oxygens (including phenoxy) is 1. The maximum atomic E-state index is 13.1. The summed E-state index contributed by atoms with van der Waals surface area (Å²) in [6.45, 7) is 2.07. The van der Waals surface area contributed by atoms with Crippen LogP contribution in [0.25, 0.3) is 0 Å². The van der Waals surface area contributed by atoms with Crippen molar-refractivity contribution in [2.45, 2.75) is 36.9 Å². The summed E-state index contributed by atoms with van der Waals surface area (Å²) in [5.74, 6) is -5.17. The molecular weight excluding hydrogens is 375 g/mol. The molecule has 1 fully saturated rings. The van der Waals surface area contributed by atoms with Gasteiger partial charge in [-0.1, -0.05) is 0 Å². The summed E-state index contributed by atoms with van der Waals surface area (Å²) in [7, 11) is -4.24. The molecule has 1 aromatic carbocycles. The zero-order valence-corrected chi connectivity index (χ0v) is 14.9. The number of alkyl halides is 3. The molecule has 3 rings (SSSR count). The lowest BCUT2D eigenvalue weighted by atomic mass is 9.96. The Kier molecular flexibility index (Phi) is 4.27. The predicted molar refractivity (Wildman–Crippen MR) is 84.3 cm³/mol. The van der Waals surface area contributed by atoms with Crippen LogP contribution in [0.15, 0.2) is 23.1 Å². The molecule has 26 heavy (non-hydrogen) atoms. The van der Waals surface area contributed by atoms with Gasteiger partial charge >= 0.3 is 12.1 Å². The van der Waals surface area contributed by atoms with E-state index in [-0.39, 0.29) is 4.90 Å². The molecule has 0 aromatic heterocycles. The minimum absolute atomic E-state index is 0.162. The van der Waals surface area contributed by atoms with Gasteiger partial charge in [-0.25, -0.2) is 8.42 Å². The third kappa shape index (κ3) is 3.27. The molecular formula is C16H18F3NO5S. The van der Waals surface area contributed by atoms with Gasteiger partial charge in [-0.15, -0.1) is 0 Å². The molecule has 0 bridgehead atoms. The largest absolute Gasteiger partial charge is 0.487 e. The maximum Gasteiger partial charge on any atom is 0.393 e. The van der Waals surface area contributed by atoms with Crippen LogP contribution in [0.2, 0.25) is 0 Å². The molecule has 0 saturated carbocycles. The zero-order chi connectivity index (χ0) is 19.5. The van der Waals surface area contributed by atoms with Crippen molar-refractivity contribution in [3.05, 3.63) is 23.8 Å². The van der Waals surface area contributed by atoms with Crippen LogP contribution in [-0.2, 0) is 21.2 Å². The fraction of sp³-hybridized carbons (Fsp3) is 0.562. The Morgan fingerprint density at radius 3 is 2.50 bits per heavy atom. The summed E-state index contributed by atoms with van der Waals surface area (Å²) < 4.78 is 71.1. The van der Waals surface area contributed by atoms with Crippen LogP contribution in [0.5, 0.6) is 5.75 Å². The van der Waals surface area contributed by atoms with Gasteiger partial charge < -0.3 is 9.84 Å². The van der Waals surface area contributed by atoms with Crippen LogP contribution in [-0.4, -0.2) is 48.7 Å².